The van der Waals surface area contributed by atoms with Crippen LogP contribution in [0.2, 0.25) is 0 Å². The normalized spacial score (nSPS) is 13.0. The number of hydrogen-bond acceptors (Lipinski definition) is 3. The second-order valence-electron chi connectivity index (χ2n) is 2.63. The number of aromatic nitrogens is 2. The molecule has 1 aromatic rings. The molecule has 0 saturated heterocycles. The predicted octanol–water partition coefficient (Wildman–Crippen LogP) is 0.213. The van der Waals surface area contributed by atoms with Crippen LogP contribution in [0, 0.1) is 0 Å². The van der Waals surface area contributed by atoms with Crippen LogP contribution in [0.1, 0.15) is 6.92 Å². The van der Waals surface area contributed by atoms with Crippen molar-refractivity contribution >= 4 is 5.69 Å². The SMILES string of the molecule is C[C@H](O)CNc1cnn(C)c1. The van der Waals surface area contributed by atoms with Crippen molar-refractivity contribution in [3.05, 3.63) is 12.4 Å². The van der Waals surface area contributed by atoms with Gasteiger partial charge in [0, 0.05) is 19.8 Å². The molecule has 1 heterocycles. The van der Waals surface area contributed by atoms with E-state index in [0.717, 1.165) is 5.69 Å². The summed E-state index contributed by atoms with van der Waals surface area (Å²) in [6.07, 6.45) is 3.26. The summed E-state index contributed by atoms with van der Waals surface area (Å²) in [4.78, 5) is 0. The largest absolute Gasteiger partial charge is 0.392 e. The molecule has 0 bridgehead atoms. The van der Waals surface area contributed by atoms with Crippen molar-refractivity contribution in [2.75, 3.05) is 11.9 Å². The number of aryl methyl sites for hydroxylation is 1. The molecule has 4 nitrogen and oxygen atoms in total. The number of rotatable bonds is 3. The summed E-state index contributed by atoms with van der Waals surface area (Å²) in [6.45, 7) is 2.30. The topological polar surface area (TPSA) is 50.1 Å². The van der Waals surface area contributed by atoms with E-state index >= 15 is 0 Å². The second kappa shape index (κ2) is 3.39. The first-order chi connectivity index (χ1) is 5.18. The summed E-state index contributed by atoms with van der Waals surface area (Å²) >= 11 is 0. The molecule has 0 aromatic carbocycles. The van der Waals surface area contributed by atoms with E-state index in [2.05, 4.69) is 10.4 Å². The van der Waals surface area contributed by atoms with E-state index in [0.29, 0.717) is 6.54 Å². The van der Waals surface area contributed by atoms with E-state index in [-0.39, 0.29) is 6.10 Å². The lowest BCUT2D eigenvalue weighted by atomic mass is 10.4. The molecule has 62 valence electrons. The van der Waals surface area contributed by atoms with Crippen LogP contribution in [0.5, 0.6) is 0 Å². The lowest BCUT2D eigenvalue weighted by Gasteiger charge is -2.04. The number of aliphatic hydroxyl groups is 1. The van der Waals surface area contributed by atoms with Gasteiger partial charge in [-0.1, -0.05) is 0 Å². The monoisotopic (exact) mass is 155 g/mol. The Bertz CT molecular complexity index is 219. The van der Waals surface area contributed by atoms with Crippen molar-refractivity contribution in [1.82, 2.24) is 9.78 Å². The molecule has 4 heteroatoms. The standard InChI is InChI=1S/C7H13N3O/c1-6(11)3-8-7-4-9-10(2)5-7/h4-6,8,11H,3H2,1-2H3/t6-/m0/s1. The molecular formula is C7H13N3O. The number of nitrogens with one attached hydrogen (secondary N) is 1. The zero-order chi connectivity index (χ0) is 8.27. The van der Waals surface area contributed by atoms with E-state index in [1.807, 2.05) is 13.2 Å². The van der Waals surface area contributed by atoms with Crippen LogP contribution in [0.3, 0.4) is 0 Å². The summed E-state index contributed by atoms with van der Waals surface area (Å²) in [5, 5.41) is 15.9. The number of aliphatic hydroxyl groups excluding tert-OH is 1. The fourth-order valence-corrected chi connectivity index (χ4v) is 0.778. The highest BCUT2D eigenvalue weighted by Gasteiger charge is 1.96. The van der Waals surface area contributed by atoms with Gasteiger partial charge in [-0.15, -0.1) is 0 Å². The number of anilines is 1. The highest BCUT2D eigenvalue weighted by atomic mass is 16.3. The Balaban J connectivity index is 2.39. The summed E-state index contributed by atoms with van der Waals surface area (Å²) in [6, 6.07) is 0. The zero-order valence-electron chi connectivity index (χ0n) is 6.78. The molecule has 0 aliphatic rings. The molecule has 0 amide bonds. The van der Waals surface area contributed by atoms with E-state index in [9.17, 15) is 0 Å². The van der Waals surface area contributed by atoms with E-state index in [1.165, 1.54) is 0 Å². The van der Waals surface area contributed by atoms with Gasteiger partial charge in [0.2, 0.25) is 0 Å². The lowest BCUT2D eigenvalue weighted by Crippen LogP contribution is -2.14. The molecule has 0 unspecified atom stereocenters. The number of hydrogen-bond donors (Lipinski definition) is 2. The molecule has 11 heavy (non-hydrogen) atoms. The molecule has 0 radical (unpaired) electrons. The van der Waals surface area contributed by atoms with Crippen LogP contribution in [0.15, 0.2) is 12.4 Å². The van der Waals surface area contributed by atoms with Gasteiger partial charge in [0.05, 0.1) is 18.0 Å². The number of nitrogens with zero attached hydrogens (tertiary/aromatic N) is 2. The van der Waals surface area contributed by atoms with Crippen molar-refractivity contribution in [1.29, 1.82) is 0 Å². The Hall–Kier alpha value is -1.03. The summed E-state index contributed by atoms with van der Waals surface area (Å²) in [5.41, 5.74) is 0.938. The van der Waals surface area contributed by atoms with Gasteiger partial charge in [-0.2, -0.15) is 5.10 Å². The molecule has 0 fully saturated rings. The average Bonchev–Trinajstić information content (AvgIpc) is 2.31. The van der Waals surface area contributed by atoms with Gasteiger partial charge >= 0.3 is 0 Å². The Kier molecular flexibility index (Phi) is 2.48. The summed E-state index contributed by atoms with van der Waals surface area (Å²) < 4.78 is 1.71. The predicted molar refractivity (Wildman–Crippen MR) is 43.4 cm³/mol. The first kappa shape index (κ1) is 8.07. The average molecular weight is 155 g/mol. The van der Waals surface area contributed by atoms with Gasteiger partial charge < -0.3 is 10.4 Å². The van der Waals surface area contributed by atoms with Gasteiger partial charge in [0.25, 0.3) is 0 Å². The van der Waals surface area contributed by atoms with Crippen molar-refractivity contribution in [3.63, 3.8) is 0 Å². The Morgan fingerprint density at radius 1 is 1.82 bits per heavy atom. The van der Waals surface area contributed by atoms with Crippen molar-refractivity contribution < 1.29 is 5.11 Å². The van der Waals surface area contributed by atoms with Crippen LogP contribution in [-0.2, 0) is 7.05 Å². The van der Waals surface area contributed by atoms with Gasteiger partial charge in [-0.25, -0.2) is 0 Å². The van der Waals surface area contributed by atoms with Crippen LogP contribution < -0.4 is 5.32 Å². The highest BCUT2D eigenvalue weighted by molar-refractivity contribution is 5.37. The fourth-order valence-electron chi connectivity index (χ4n) is 0.778. The first-order valence-corrected chi connectivity index (χ1v) is 3.59. The van der Waals surface area contributed by atoms with Crippen molar-refractivity contribution in [2.45, 2.75) is 13.0 Å². The summed E-state index contributed by atoms with van der Waals surface area (Å²) in [5.74, 6) is 0. The Labute approximate surface area is 65.8 Å². The molecule has 1 rings (SSSR count). The van der Waals surface area contributed by atoms with Gasteiger partial charge in [-0.05, 0) is 6.92 Å². The Morgan fingerprint density at radius 2 is 2.55 bits per heavy atom. The molecule has 2 N–H and O–H groups in total. The van der Waals surface area contributed by atoms with Crippen LogP contribution in [0.4, 0.5) is 5.69 Å². The molecule has 0 aliphatic heterocycles. The third kappa shape index (κ3) is 2.59. The molecular weight excluding hydrogens is 142 g/mol. The maximum Gasteiger partial charge on any atom is 0.0727 e. The quantitative estimate of drug-likeness (QED) is 0.656. The minimum absolute atomic E-state index is 0.324. The second-order valence-corrected chi connectivity index (χ2v) is 2.63. The summed E-state index contributed by atoms with van der Waals surface area (Å²) in [7, 11) is 1.85. The van der Waals surface area contributed by atoms with E-state index < -0.39 is 0 Å². The van der Waals surface area contributed by atoms with Gasteiger partial charge in [0.15, 0.2) is 0 Å². The minimum Gasteiger partial charge on any atom is -0.392 e. The molecule has 0 saturated carbocycles. The van der Waals surface area contributed by atoms with E-state index in [4.69, 9.17) is 5.11 Å². The zero-order valence-corrected chi connectivity index (χ0v) is 6.78. The van der Waals surface area contributed by atoms with Crippen LogP contribution >= 0.6 is 0 Å². The molecule has 0 aliphatic carbocycles. The lowest BCUT2D eigenvalue weighted by molar-refractivity contribution is 0.208. The van der Waals surface area contributed by atoms with Crippen LogP contribution in [0.25, 0.3) is 0 Å². The third-order valence-electron chi connectivity index (χ3n) is 1.31. The highest BCUT2D eigenvalue weighted by Crippen LogP contribution is 2.02. The van der Waals surface area contributed by atoms with Crippen molar-refractivity contribution in [2.24, 2.45) is 7.05 Å². The van der Waals surface area contributed by atoms with Crippen LogP contribution in [-0.4, -0.2) is 27.5 Å². The first-order valence-electron chi connectivity index (χ1n) is 3.59. The molecule has 1 atom stereocenters. The maximum absolute atomic E-state index is 8.93. The van der Waals surface area contributed by atoms with Gasteiger partial charge in [-0.3, -0.25) is 4.68 Å². The van der Waals surface area contributed by atoms with Crippen molar-refractivity contribution in [3.8, 4) is 0 Å². The van der Waals surface area contributed by atoms with E-state index in [1.54, 1.807) is 17.8 Å². The molecule has 0 spiro atoms. The third-order valence-corrected chi connectivity index (χ3v) is 1.31. The van der Waals surface area contributed by atoms with Gasteiger partial charge in [0.1, 0.15) is 0 Å². The Morgan fingerprint density at radius 3 is 3.00 bits per heavy atom. The minimum atomic E-state index is -0.324. The maximum atomic E-state index is 8.93. The molecule has 1 aromatic heterocycles. The smallest absolute Gasteiger partial charge is 0.0727 e. The fraction of sp³-hybridized carbons (Fsp3) is 0.571.